The Balaban J connectivity index is 2.05. The SMILES string of the molecule is CCOc1ccc(NC(=O)C2(C#N)CCOCC2)cc1. The summed E-state index contributed by atoms with van der Waals surface area (Å²) in [7, 11) is 0. The van der Waals surface area contributed by atoms with Crippen LogP contribution in [0, 0.1) is 16.7 Å². The molecule has 1 aliphatic rings. The number of ether oxygens (including phenoxy) is 2. The van der Waals surface area contributed by atoms with E-state index in [0.29, 0.717) is 38.3 Å². The highest BCUT2D eigenvalue weighted by Gasteiger charge is 2.40. The van der Waals surface area contributed by atoms with E-state index in [1.165, 1.54) is 0 Å². The van der Waals surface area contributed by atoms with Gasteiger partial charge in [0.2, 0.25) is 5.91 Å². The molecule has 106 valence electrons. The van der Waals surface area contributed by atoms with Crippen molar-refractivity contribution in [1.29, 1.82) is 5.26 Å². The molecule has 1 aromatic carbocycles. The summed E-state index contributed by atoms with van der Waals surface area (Å²) in [6.07, 6.45) is 0.874. The van der Waals surface area contributed by atoms with Crippen LogP contribution in [0.4, 0.5) is 5.69 Å². The molecule has 0 atom stereocenters. The predicted molar refractivity (Wildman–Crippen MR) is 74.3 cm³/mol. The molecule has 0 aliphatic carbocycles. The van der Waals surface area contributed by atoms with E-state index in [1.807, 2.05) is 6.92 Å². The lowest BCUT2D eigenvalue weighted by molar-refractivity contribution is -0.126. The number of rotatable bonds is 4. The van der Waals surface area contributed by atoms with Crippen molar-refractivity contribution in [2.45, 2.75) is 19.8 Å². The smallest absolute Gasteiger partial charge is 0.245 e. The van der Waals surface area contributed by atoms with Crippen LogP contribution in [0.3, 0.4) is 0 Å². The number of carbonyl (C=O) groups is 1. The molecule has 0 aromatic heterocycles. The van der Waals surface area contributed by atoms with E-state index in [-0.39, 0.29) is 5.91 Å². The minimum Gasteiger partial charge on any atom is -0.494 e. The van der Waals surface area contributed by atoms with Gasteiger partial charge in [0.15, 0.2) is 0 Å². The van der Waals surface area contributed by atoms with Gasteiger partial charge in [-0.25, -0.2) is 0 Å². The summed E-state index contributed by atoms with van der Waals surface area (Å²) in [6.45, 7) is 3.41. The van der Waals surface area contributed by atoms with Crippen molar-refractivity contribution in [3.63, 3.8) is 0 Å². The number of hydrogen-bond donors (Lipinski definition) is 1. The average Bonchev–Trinajstić information content (AvgIpc) is 2.50. The fourth-order valence-corrected chi connectivity index (χ4v) is 2.16. The Morgan fingerprint density at radius 2 is 2.05 bits per heavy atom. The highest BCUT2D eigenvalue weighted by Crippen LogP contribution is 2.31. The first-order chi connectivity index (χ1) is 9.70. The Bertz CT molecular complexity index is 499. The molecule has 1 N–H and O–H groups in total. The van der Waals surface area contributed by atoms with Crippen molar-refractivity contribution >= 4 is 11.6 Å². The number of benzene rings is 1. The van der Waals surface area contributed by atoms with Crippen molar-refractivity contribution in [3.05, 3.63) is 24.3 Å². The molecule has 0 spiro atoms. The first-order valence-electron chi connectivity index (χ1n) is 6.73. The maximum absolute atomic E-state index is 12.3. The standard InChI is InChI=1S/C15H18N2O3/c1-2-20-13-5-3-12(4-6-13)17-14(18)15(11-16)7-9-19-10-8-15/h3-6H,2,7-10H2,1H3,(H,17,18). The number of carbonyl (C=O) groups excluding carboxylic acids is 1. The third kappa shape index (κ3) is 3.09. The summed E-state index contributed by atoms with van der Waals surface area (Å²) in [4.78, 5) is 12.3. The molecule has 1 fully saturated rings. The second-order valence-electron chi connectivity index (χ2n) is 4.72. The first kappa shape index (κ1) is 14.4. The van der Waals surface area contributed by atoms with Gasteiger partial charge in [0.1, 0.15) is 11.2 Å². The third-order valence-electron chi connectivity index (χ3n) is 3.42. The average molecular weight is 274 g/mol. The van der Waals surface area contributed by atoms with E-state index in [0.717, 1.165) is 5.75 Å². The van der Waals surface area contributed by atoms with Crippen LogP contribution in [0.25, 0.3) is 0 Å². The van der Waals surface area contributed by atoms with Gasteiger partial charge in [-0.05, 0) is 44.0 Å². The summed E-state index contributed by atoms with van der Waals surface area (Å²) in [5.41, 5.74) is -0.309. The molecule has 0 radical (unpaired) electrons. The minimum atomic E-state index is -0.975. The summed E-state index contributed by atoms with van der Waals surface area (Å²) in [5.74, 6) is 0.499. The number of hydrogen-bond acceptors (Lipinski definition) is 4. The molecule has 20 heavy (non-hydrogen) atoms. The largest absolute Gasteiger partial charge is 0.494 e. The van der Waals surface area contributed by atoms with Gasteiger partial charge in [-0.1, -0.05) is 0 Å². The zero-order chi connectivity index (χ0) is 14.4. The second-order valence-corrected chi connectivity index (χ2v) is 4.72. The van der Waals surface area contributed by atoms with Gasteiger partial charge in [-0.3, -0.25) is 4.79 Å². The molecule has 2 rings (SSSR count). The lowest BCUT2D eigenvalue weighted by Gasteiger charge is -2.29. The van der Waals surface area contributed by atoms with Crippen molar-refractivity contribution in [2.24, 2.45) is 5.41 Å². The first-order valence-corrected chi connectivity index (χ1v) is 6.73. The van der Waals surface area contributed by atoms with Crippen LogP contribution in [0.2, 0.25) is 0 Å². The molecule has 1 saturated heterocycles. The van der Waals surface area contributed by atoms with Crippen LogP contribution in [0.5, 0.6) is 5.75 Å². The number of nitrogens with one attached hydrogen (secondary N) is 1. The second kappa shape index (κ2) is 6.40. The zero-order valence-electron chi connectivity index (χ0n) is 11.5. The molecule has 5 heteroatoms. The van der Waals surface area contributed by atoms with Gasteiger partial charge in [0, 0.05) is 18.9 Å². The number of nitrogens with zero attached hydrogens (tertiary/aromatic N) is 1. The van der Waals surface area contributed by atoms with E-state index < -0.39 is 5.41 Å². The maximum Gasteiger partial charge on any atom is 0.245 e. The Labute approximate surface area is 118 Å². The van der Waals surface area contributed by atoms with Gasteiger partial charge >= 0.3 is 0 Å². The molecule has 1 amide bonds. The molecule has 0 unspecified atom stereocenters. The van der Waals surface area contributed by atoms with Gasteiger partial charge in [0.05, 0.1) is 12.7 Å². The van der Waals surface area contributed by atoms with Gasteiger partial charge < -0.3 is 14.8 Å². The quantitative estimate of drug-likeness (QED) is 0.914. The Morgan fingerprint density at radius 1 is 1.40 bits per heavy atom. The fraction of sp³-hybridized carbons (Fsp3) is 0.467. The minimum absolute atomic E-state index is 0.257. The molecular formula is C15H18N2O3. The van der Waals surface area contributed by atoms with Crippen LogP contribution in [0.15, 0.2) is 24.3 Å². The predicted octanol–water partition coefficient (Wildman–Crippen LogP) is 2.34. The van der Waals surface area contributed by atoms with E-state index in [9.17, 15) is 10.1 Å². The maximum atomic E-state index is 12.3. The lowest BCUT2D eigenvalue weighted by Crippen LogP contribution is -2.39. The van der Waals surface area contributed by atoms with Crippen molar-refractivity contribution in [1.82, 2.24) is 0 Å². The lowest BCUT2D eigenvalue weighted by atomic mass is 9.81. The summed E-state index contributed by atoms with van der Waals surface area (Å²) in [6, 6.07) is 9.28. The van der Waals surface area contributed by atoms with Crippen molar-refractivity contribution in [3.8, 4) is 11.8 Å². The van der Waals surface area contributed by atoms with Crippen LogP contribution < -0.4 is 10.1 Å². The van der Waals surface area contributed by atoms with Crippen molar-refractivity contribution < 1.29 is 14.3 Å². The molecule has 1 aromatic rings. The van der Waals surface area contributed by atoms with Gasteiger partial charge in [-0.15, -0.1) is 0 Å². The summed E-state index contributed by atoms with van der Waals surface area (Å²) < 4.78 is 10.6. The molecule has 0 saturated carbocycles. The molecular weight excluding hydrogens is 256 g/mol. The van der Waals surface area contributed by atoms with Gasteiger partial charge in [0.25, 0.3) is 0 Å². The molecule has 1 heterocycles. The Kier molecular flexibility index (Phi) is 4.59. The highest BCUT2D eigenvalue weighted by molar-refractivity contribution is 5.97. The van der Waals surface area contributed by atoms with Crippen LogP contribution in [-0.4, -0.2) is 25.7 Å². The highest BCUT2D eigenvalue weighted by atomic mass is 16.5. The van der Waals surface area contributed by atoms with Crippen LogP contribution >= 0.6 is 0 Å². The summed E-state index contributed by atoms with van der Waals surface area (Å²) in [5, 5.41) is 12.1. The fourth-order valence-electron chi connectivity index (χ4n) is 2.16. The summed E-state index contributed by atoms with van der Waals surface area (Å²) >= 11 is 0. The topological polar surface area (TPSA) is 71.3 Å². The van der Waals surface area contributed by atoms with E-state index >= 15 is 0 Å². The van der Waals surface area contributed by atoms with E-state index in [4.69, 9.17) is 9.47 Å². The third-order valence-corrected chi connectivity index (χ3v) is 3.42. The van der Waals surface area contributed by atoms with E-state index in [1.54, 1.807) is 24.3 Å². The molecule has 5 nitrogen and oxygen atoms in total. The Morgan fingerprint density at radius 3 is 2.60 bits per heavy atom. The number of amides is 1. The Hall–Kier alpha value is -2.06. The monoisotopic (exact) mass is 274 g/mol. The molecule has 0 bridgehead atoms. The van der Waals surface area contributed by atoms with Crippen LogP contribution in [0.1, 0.15) is 19.8 Å². The molecule has 1 aliphatic heterocycles. The zero-order valence-corrected chi connectivity index (χ0v) is 11.5. The number of anilines is 1. The van der Waals surface area contributed by atoms with Crippen LogP contribution in [-0.2, 0) is 9.53 Å². The van der Waals surface area contributed by atoms with E-state index in [2.05, 4.69) is 11.4 Å². The number of nitriles is 1. The van der Waals surface area contributed by atoms with Crippen molar-refractivity contribution in [2.75, 3.05) is 25.1 Å². The normalized spacial score (nSPS) is 17.0. The van der Waals surface area contributed by atoms with Gasteiger partial charge in [-0.2, -0.15) is 5.26 Å².